The highest BCUT2D eigenvalue weighted by Crippen LogP contribution is 2.27. The van der Waals surface area contributed by atoms with Gasteiger partial charge in [0.1, 0.15) is 11.6 Å². The fraction of sp³-hybridized carbons (Fsp3) is 0.333. The van der Waals surface area contributed by atoms with Gasteiger partial charge in [-0.25, -0.2) is 9.82 Å². The molecule has 0 aromatic heterocycles. The average molecular weight is 221 g/mol. The third kappa shape index (κ3) is 1.88. The number of hydrogen-bond acceptors (Lipinski definition) is 3. The van der Waals surface area contributed by atoms with Crippen LogP contribution in [0.3, 0.4) is 0 Å². The van der Waals surface area contributed by atoms with Gasteiger partial charge in [-0.05, 0) is 23.6 Å². The average Bonchev–Trinajstić information content (AvgIpc) is 2.62. The van der Waals surface area contributed by atoms with Crippen molar-refractivity contribution in [3.8, 4) is 0 Å². The van der Waals surface area contributed by atoms with Gasteiger partial charge in [-0.2, -0.15) is 0 Å². The Bertz CT molecular complexity index is 409. The number of benzene rings is 1. The van der Waals surface area contributed by atoms with Crippen LogP contribution in [0.15, 0.2) is 30.1 Å². The van der Waals surface area contributed by atoms with E-state index in [9.17, 15) is 4.39 Å². The Kier molecular flexibility index (Phi) is 2.83. The minimum Gasteiger partial charge on any atom is -0.384 e. The molecule has 0 spiro atoms. The number of rotatable bonds is 2. The normalized spacial score (nSPS) is 20.4. The lowest BCUT2D eigenvalue weighted by Crippen LogP contribution is -2.36. The smallest absolute Gasteiger partial charge is 0.123 e. The molecular weight excluding hydrogens is 205 g/mol. The molecule has 1 atom stereocenters. The Hall–Kier alpha value is -1.55. The summed E-state index contributed by atoms with van der Waals surface area (Å²) in [6.07, 6.45) is 0. The summed E-state index contributed by atoms with van der Waals surface area (Å²) in [6.45, 7) is 4.23. The van der Waals surface area contributed by atoms with Crippen molar-refractivity contribution in [1.82, 2.24) is 10.9 Å². The van der Waals surface area contributed by atoms with Gasteiger partial charge in [-0.3, -0.25) is 0 Å². The van der Waals surface area contributed by atoms with E-state index in [0.717, 1.165) is 11.1 Å². The highest BCUT2D eigenvalue weighted by Gasteiger charge is 2.27. The maximum absolute atomic E-state index is 12.8. The second-order valence-electron chi connectivity index (χ2n) is 4.33. The Morgan fingerprint density at radius 1 is 1.25 bits per heavy atom. The molecule has 4 N–H and O–H groups in total. The fourth-order valence-corrected chi connectivity index (χ4v) is 1.93. The monoisotopic (exact) mass is 221 g/mol. The van der Waals surface area contributed by atoms with Crippen LogP contribution < -0.4 is 16.6 Å². The summed E-state index contributed by atoms with van der Waals surface area (Å²) in [5, 5.41) is 0. The number of nitrogens with one attached hydrogen (secondary N) is 2. The van der Waals surface area contributed by atoms with Crippen LogP contribution >= 0.6 is 0 Å². The molecule has 86 valence electrons. The van der Waals surface area contributed by atoms with E-state index in [1.165, 1.54) is 12.1 Å². The van der Waals surface area contributed by atoms with Crippen molar-refractivity contribution in [2.75, 3.05) is 0 Å². The molecule has 1 heterocycles. The molecule has 0 saturated carbocycles. The van der Waals surface area contributed by atoms with Crippen LogP contribution in [0.2, 0.25) is 0 Å². The molecule has 0 amide bonds. The summed E-state index contributed by atoms with van der Waals surface area (Å²) in [4.78, 5) is 0. The van der Waals surface area contributed by atoms with Crippen LogP contribution in [0.25, 0.3) is 5.57 Å². The van der Waals surface area contributed by atoms with Gasteiger partial charge in [0.15, 0.2) is 0 Å². The van der Waals surface area contributed by atoms with Crippen molar-refractivity contribution in [1.29, 1.82) is 0 Å². The highest BCUT2D eigenvalue weighted by atomic mass is 19.1. The zero-order chi connectivity index (χ0) is 11.7. The van der Waals surface area contributed by atoms with Gasteiger partial charge < -0.3 is 11.2 Å². The minimum absolute atomic E-state index is 0.158. The van der Waals surface area contributed by atoms with E-state index < -0.39 is 0 Å². The number of halogens is 1. The third-order valence-electron chi connectivity index (χ3n) is 2.79. The predicted molar refractivity (Wildman–Crippen MR) is 62.4 cm³/mol. The molecule has 0 bridgehead atoms. The Morgan fingerprint density at radius 3 is 2.44 bits per heavy atom. The second kappa shape index (κ2) is 4.14. The Balaban J connectivity index is 2.37. The van der Waals surface area contributed by atoms with Gasteiger partial charge in [0.2, 0.25) is 0 Å². The van der Waals surface area contributed by atoms with Crippen LogP contribution in [-0.4, -0.2) is 6.04 Å². The molecule has 2 rings (SSSR count). The standard InChI is InChI=1S/C12H16FN3/c1-7(2)11-10(12(14)16-15-11)8-3-5-9(13)6-4-8/h3-7,11,15-16H,14H2,1-2H3. The SMILES string of the molecule is CC(C)C1NNC(N)=C1c1ccc(F)cc1. The van der Waals surface area contributed by atoms with Crippen molar-refractivity contribution in [3.63, 3.8) is 0 Å². The predicted octanol–water partition coefficient (Wildman–Crippen LogP) is 1.59. The van der Waals surface area contributed by atoms with Gasteiger partial charge >= 0.3 is 0 Å². The van der Waals surface area contributed by atoms with Crippen LogP contribution in [-0.2, 0) is 0 Å². The molecule has 0 radical (unpaired) electrons. The summed E-state index contributed by atoms with van der Waals surface area (Å²) in [5.74, 6) is 0.793. The molecule has 1 aliphatic heterocycles. The van der Waals surface area contributed by atoms with Gasteiger partial charge in [-0.1, -0.05) is 26.0 Å². The first kappa shape index (κ1) is 11.0. The van der Waals surface area contributed by atoms with Crippen LogP contribution in [0.4, 0.5) is 4.39 Å². The molecule has 0 fully saturated rings. The molecule has 3 nitrogen and oxygen atoms in total. The van der Waals surface area contributed by atoms with Crippen molar-refractivity contribution < 1.29 is 4.39 Å². The first-order valence-electron chi connectivity index (χ1n) is 5.36. The lowest BCUT2D eigenvalue weighted by Gasteiger charge is -2.18. The Morgan fingerprint density at radius 2 is 1.88 bits per heavy atom. The molecule has 1 aliphatic rings. The van der Waals surface area contributed by atoms with Crippen LogP contribution in [0, 0.1) is 11.7 Å². The molecule has 16 heavy (non-hydrogen) atoms. The molecule has 4 heteroatoms. The van der Waals surface area contributed by atoms with E-state index in [0.29, 0.717) is 11.7 Å². The maximum atomic E-state index is 12.8. The van der Waals surface area contributed by atoms with Gasteiger partial charge in [0.05, 0.1) is 6.04 Å². The second-order valence-corrected chi connectivity index (χ2v) is 4.33. The zero-order valence-electron chi connectivity index (χ0n) is 9.42. The molecule has 1 unspecified atom stereocenters. The van der Waals surface area contributed by atoms with E-state index in [-0.39, 0.29) is 11.9 Å². The highest BCUT2D eigenvalue weighted by molar-refractivity contribution is 5.73. The third-order valence-corrected chi connectivity index (χ3v) is 2.79. The van der Waals surface area contributed by atoms with E-state index in [4.69, 9.17) is 5.73 Å². The maximum Gasteiger partial charge on any atom is 0.123 e. The number of hydrogen-bond donors (Lipinski definition) is 3. The van der Waals surface area contributed by atoms with E-state index in [2.05, 4.69) is 24.7 Å². The van der Waals surface area contributed by atoms with Gasteiger partial charge in [0, 0.05) is 5.57 Å². The van der Waals surface area contributed by atoms with Crippen LogP contribution in [0.5, 0.6) is 0 Å². The number of nitrogens with two attached hydrogens (primary N) is 1. The number of hydrazine groups is 1. The van der Waals surface area contributed by atoms with Gasteiger partial charge in [-0.15, -0.1) is 0 Å². The summed E-state index contributed by atoms with van der Waals surface area (Å²) in [6, 6.07) is 6.56. The first-order valence-corrected chi connectivity index (χ1v) is 5.36. The molecule has 1 aromatic rings. The summed E-state index contributed by atoms with van der Waals surface area (Å²) in [7, 11) is 0. The first-order chi connectivity index (χ1) is 7.59. The fourth-order valence-electron chi connectivity index (χ4n) is 1.93. The summed E-state index contributed by atoms with van der Waals surface area (Å²) in [5.41, 5.74) is 13.9. The largest absolute Gasteiger partial charge is 0.384 e. The zero-order valence-corrected chi connectivity index (χ0v) is 9.42. The molecular formula is C12H16FN3. The lowest BCUT2D eigenvalue weighted by atomic mass is 9.92. The minimum atomic E-state index is -0.233. The van der Waals surface area contributed by atoms with Gasteiger partial charge in [0.25, 0.3) is 0 Å². The lowest BCUT2D eigenvalue weighted by molar-refractivity contribution is 0.467. The van der Waals surface area contributed by atoms with E-state index in [1.54, 1.807) is 12.1 Å². The van der Waals surface area contributed by atoms with Crippen molar-refractivity contribution in [2.45, 2.75) is 19.9 Å². The Labute approximate surface area is 94.5 Å². The van der Waals surface area contributed by atoms with E-state index in [1.807, 2.05) is 0 Å². The molecule has 1 aromatic carbocycles. The summed E-state index contributed by atoms with van der Waals surface area (Å²) >= 11 is 0. The van der Waals surface area contributed by atoms with E-state index >= 15 is 0 Å². The van der Waals surface area contributed by atoms with Crippen molar-refractivity contribution in [3.05, 3.63) is 41.5 Å². The van der Waals surface area contributed by atoms with Crippen LogP contribution in [0.1, 0.15) is 19.4 Å². The summed E-state index contributed by atoms with van der Waals surface area (Å²) < 4.78 is 12.8. The topological polar surface area (TPSA) is 50.1 Å². The molecule has 0 saturated heterocycles. The quantitative estimate of drug-likeness (QED) is 0.710. The van der Waals surface area contributed by atoms with Crippen molar-refractivity contribution in [2.24, 2.45) is 11.7 Å². The molecule has 0 aliphatic carbocycles. The van der Waals surface area contributed by atoms with Crippen molar-refractivity contribution >= 4 is 5.57 Å².